The molecule has 0 spiro atoms. The van der Waals surface area contributed by atoms with Crippen molar-refractivity contribution < 1.29 is 18.3 Å². The van der Waals surface area contributed by atoms with Gasteiger partial charge in [0.1, 0.15) is 0 Å². The van der Waals surface area contributed by atoms with E-state index in [4.69, 9.17) is 5.11 Å². The zero-order valence-corrected chi connectivity index (χ0v) is 9.87. The number of aliphatic carboxylic acids is 1. The SMILES string of the molecule is O=C(O)CCS(=O)(=O)NC(C1CC1)C1CC1. The van der Waals surface area contributed by atoms with Gasteiger partial charge in [-0.05, 0) is 37.5 Å². The molecule has 0 atom stereocenters. The van der Waals surface area contributed by atoms with Gasteiger partial charge in [0.25, 0.3) is 0 Å². The average Bonchev–Trinajstić information content (AvgIpc) is 3.01. The molecule has 2 N–H and O–H groups in total. The van der Waals surface area contributed by atoms with Crippen molar-refractivity contribution in [2.24, 2.45) is 11.8 Å². The summed E-state index contributed by atoms with van der Waals surface area (Å²) in [5, 5.41) is 8.46. The van der Waals surface area contributed by atoms with Gasteiger partial charge in [-0.1, -0.05) is 0 Å². The molecule has 2 saturated carbocycles. The highest BCUT2D eigenvalue weighted by Crippen LogP contribution is 2.44. The number of hydrogen-bond acceptors (Lipinski definition) is 3. The number of hydrogen-bond donors (Lipinski definition) is 2. The molecule has 0 unspecified atom stereocenters. The first kappa shape index (κ1) is 11.9. The van der Waals surface area contributed by atoms with Crippen LogP contribution in [0.15, 0.2) is 0 Å². The quantitative estimate of drug-likeness (QED) is 0.689. The van der Waals surface area contributed by atoms with Crippen LogP contribution in [-0.2, 0) is 14.8 Å². The van der Waals surface area contributed by atoms with E-state index in [2.05, 4.69) is 4.72 Å². The normalized spacial score (nSPS) is 21.3. The van der Waals surface area contributed by atoms with Crippen molar-refractivity contribution in [1.82, 2.24) is 4.72 Å². The third-order valence-corrected chi connectivity index (χ3v) is 4.53. The first-order valence-corrected chi connectivity index (χ1v) is 7.35. The van der Waals surface area contributed by atoms with Gasteiger partial charge >= 0.3 is 5.97 Å². The Balaban J connectivity index is 1.87. The molecular weight excluding hydrogens is 230 g/mol. The molecule has 16 heavy (non-hydrogen) atoms. The topological polar surface area (TPSA) is 83.5 Å². The molecule has 2 aliphatic carbocycles. The Labute approximate surface area is 95.3 Å². The van der Waals surface area contributed by atoms with E-state index < -0.39 is 16.0 Å². The second kappa shape index (κ2) is 4.33. The summed E-state index contributed by atoms with van der Waals surface area (Å²) in [6.45, 7) is 0. The van der Waals surface area contributed by atoms with Crippen LogP contribution in [0.5, 0.6) is 0 Å². The molecule has 0 bridgehead atoms. The van der Waals surface area contributed by atoms with E-state index in [-0.39, 0.29) is 18.2 Å². The number of nitrogens with one attached hydrogen (secondary N) is 1. The lowest BCUT2D eigenvalue weighted by Crippen LogP contribution is -2.39. The third kappa shape index (κ3) is 3.45. The van der Waals surface area contributed by atoms with Crippen molar-refractivity contribution in [2.45, 2.75) is 38.1 Å². The highest BCUT2D eigenvalue weighted by molar-refractivity contribution is 7.89. The van der Waals surface area contributed by atoms with Crippen LogP contribution in [0.2, 0.25) is 0 Å². The van der Waals surface area contributed by atoms with Gasteiger partial charge < -0.3 is 5.11 Å². The van der Waals surface area contributed by atoms with E-state index in [9.17, 15) is 13.2 Å². The number of carbonyl (C=O) groups is 1. The van der Waals surface area contributed by atoms with Crippen LogP contribution in [0.1, 0.15) is 32.1 Å². The fourth-order valence-corrected chi connectivity index (χ4v) is 3.34. The molecule has 2 aliphatic rings. The Kier molecular flexibility index (Phi) is 3.21. The number of sulfonamides is 1. The lowest BCUT2D eigenvalue weighted by atomic mass is 10.1. The van der Waals surface area contributed by atoms with Crippen LogP contribution in [0.25, 0.3) is 0 Å². The van der Waals surface area contributed by atoms with Crippen LogP contribution >= 0.6 is 0 Å². The minimum Gasteiger partial charge on any atom is -0.481 e. The van der Waals surface area contributed by atoms with E-state index in [1.165, 1.54) is 0 Å². The largest absolute Gasteiger partial charge is 0.481 e. The zero-order valence-electron chi connectivity index (χ0n) is 9.05. The van der Waals surface area contributed by atoms with Gasteiger partial charge in [0.2, 0.25) is 10.0 Å². The summed E-state index contributed by atoms with van der Waals surface area (Å²) in [5.41, 5.74) is 0. The van der Waals surface area contributed by atoms with Gasteiger partial charge in [-0.15, -0.1) is 0 Å². The van der Waals surface area contributed by atoms with E-state index >= 15 is 0 Å². The molecule has 2 fully saturated rings. The Hall–Kier alpha value is -0.620. The van der Waals surface area contributed by atoms with Gasteiger partial charge in [-0.25, -0.2) is 13.1 Å². The molecule has 0 aromatic heterocycles. The van der Waals surface area contributed by atoms with Crippen molar-refractivity contribution in [3.05, 3.63) is 0 Å². The van der Waals surface area contributed by atoms with Crippen molar-refractivity contribution in [1.29, 1.82) is 0 Å². The average molecular weight is 247 g/mol. The minimum absolute atomic E-state index is 0.0683. The molecule has 0 aromatic carbocycles. The first-order valence-electron chi connectivity index (χ1n) is 5.70. The maximum absolute atomic E-state index is 11.6. The maximum Gasteiger partial charge on any atom is 0.304 e. The van der Waals surface area contributed by atoms with Crippen LogP contribution in [0, 0.1) is 11.8 Å². The molecule has 2 rings (SSSR count). The predicted molar refractivity (Wildman–Crippen MR) is 58.4 cm³/mol. The summed E-state index contributed by atoms with van der Waals surface area (Å²) in [4.78, 5) is 10.3. The Morgan fingerprint density at radius 3 is 2.12 bits per heavy atom. The van der Waals surface area contributed by atoms with Gasteiger partial charge in [0.05, 0.1) is 12.2 Å². The van der Waals surface area contributed by atoms with Gasteiger partial charge in [-0.3, -0.25) is 4.79 Å². The molecule has 5 nitrogen and oxygen atoms in total. The number of carboxylic acid groups (broad SMARTS) is 1. The van der Waals surface area contributed by atoms with E-state index in [0.717, 1.165) is 25.7 Å². The second-order valence-corrected chi connectivity index (χ2v) is 6.65. The molecule has 0 saturated heterocycles. The lowest BCUT2D eigenvalue weighted by molar-refractivity contribution is -0.136. The van der Waals surface area contributed by atoms with Crippen molar-refractivity contribution in [2.75, 3.05) is 5.75 Å². The van der Waals surface area contributed by atoms with Crippen LogP contribution in [-0.4, -0.2) is 31.3 Å². The summed E-state index contributed by atoms with van der Waals surface area (Å²) >= 11 is 0. The van der Waals surface area contributed by atoms with E-state index in [0.29, 0.717) is 11.8 Å². The molecule has 0 aromatic rings. The van der Waals surface area contributed by atoms with Gasteiger partial charge in [0.15, 0.2) is 0 Å². The molecule has 6 heteroatoms. The third-order valence-electron chi connectivity index (χ3n) is 3.16. The van der Waals surface area contributed by atoms with Gasteiger partial charge in [-0.2, -0.15) is 0 Å². The molecule has 0 heterocycles. The smallest absolute Gasteiger partial charge is 0.304 e. The summed E-state index contributed by atoms with van der Waals surface area (Å²) in [6, 6.07) is 0.0683. The monoisotopic (exact) mass is 247 g/mol. The standard InChI is InChI=1S/C10H17NO4S/c12-9(13)5-6-16(14,15)11-10(7-1-2-7)8-3-4-8/h7-8,10-11H,1-6H2,(H,12,13). The fourth-order valence-electron chi connectivity index (χ4n) is 1.98. The summed E-state index contributed by atoms with van der Waals surface area (Å²) in [6.07, 6.45) is 4.08. The van der Waals surface area contributed by atoms with Crippen molar-refractivity contribution in [3.63, 3.8) is 0 Å². The van der Waals surface area contributed by atoms with Crippen LogP contribution in [0.4, 0.5) is 0 Å². The van der Waals surface area contributed by atoms with E-state index in [1.807, 2.05) is 0 Å². The fraction of sp³-hybridized carbons (Fsp3) is 0.900. The van der Waals surface area contributed by atoms with Gasteiger partial charge in [0, 0.05) is 6.04 Å². The minimum atomic E-state index is -3.42. The molecule has 92 valence electrons. The van der Waals surface area contributed by atoms with Crippen LogP contribution in [0.3, 0.4) is 0 Å². The summed E-state index contributed by atoms with van der Waals surface area (Å²) in [5.74, 6) is -0.392. The first-order chi connectivity index (χ1) is 7.48. The predicted octanol–water partition coefficient (Wildman–Crippen LogP) is 0.569. The molecule has 0 amide bonds. The highest BCUT2D eigenvalue weighted by Gasteiger charge is 2.43. The second-order valence-electron chi connectivity index (χ2n) is 4.78. The zero-order chi connectivity index (χ0) is 11.8. The maximum atomic E-state index is 11.6. The Morgan fingerprint density at radius 1 is 1.25 bits per heavy atom. The molecular formula is C10H17NO4S. The Morgan fingerprint density at radius 2 is 1.75 bits per heavy atom. The number of rotatable bonds is 7. The van der Waals surface area contributed by atoms with E-state index in [1.54, 1.807) is 0 Å². The Bertz CT molecular complexity index is 358. The van der Waals surface area contributed by atoms with Crippen molar-refractivity contribution >= 4 is 16.0 Å². The summed E-state index contributed by atoms with van der Waals surface area (Å²) in [7, 11) is -3.42. The highest BCUT2D eigenvalue weighted by atomic mass is 32.2. The van der Waals surface area contributed by atoms with Crippen LogP contribution < -0.4 is 4.72 Å². The van der Waals surface area contributed by atoms with Crippen molar-refractivity contribution in [3.8, 4) is 0 Å². The molecule has 0 radical (unpaired) electrons. The lowest BCUT2D eigenvalue weighted by Gasteiger charge is -2.17. The number of carboxylic acids is 1. The summed E-state index contributed by atoms with van der Waals surface area (Å²) < 4.78 is 26.0. The molecule has 0 aliphatic heterocycles.